The Morgan fingerprint density at radius 1 is 0.275 bits per heavy atom. The molecule has 0 aromatic heterocycles. The molecule has 0 radical (unpaired) electrons. The van der Waals surface area contributed by atoms with Crippen LogP contribution in [0.25, 0.3) is 66.8 Å². The molecule has 1 nitrogen and oxygen atoms in total. The smallest absolute Gasteiger partial charge is 0.0458 e. The van der Waals surface area contributed by atoms with E-state index in [9.17, 15) is 4.55 Å². The molecule has 0 saturated carbocycles. The summed E-state index contributed by atoms with van der Waals surface area (Å²) in [6.45, 7) is 36.8. The molecule has 0 unspecified atom stereocenters. The summed E-state index contributed by atoms with van der Waals surface area (Å²) in [5, 5.41) is 0. The van der Waals surface area contributed by atoms with Crippen LogP contribution >= 0.6 is 12.0 Å². The van der Waals surface area contributed by atoms with Crippen molar-refractivity contribution in [2.45, 2.75) is 164 Å². The molecule has 0 aliphatic rings. The molecule has 7 rings (SSSR count). The molecule has 0 fully saturated rings. The Bertz CT molecular complexity index is 2460. The Morgan fingerprint density at radius 2 is 0.464 bits per heavy atom. The fraction of sp³-hybridized carbons (Fsp3) is 0.373. The fourth-order valence-corrected chi connectivity index (χ4v) is 10.1. The first-order chi connectivity index (χ1) is 32.7. The van der Waals surface area contributed by atoms with Crippen LogP contribution in [-0.4, -0.2) is 4.55 Å². The monoisotopic (exact) mass is 933 g/mol. The van der Waals surface area contributed by atoms with E-state index in [1.54, 1.807) is 0 Å². The zero-order valence-electron chi connectivity index (χ0n) is 44.8. The summed E-state index contributed by atoms with van der Waals surface area (Å²) in [6.07, 6.45) is 0. The van der Waals surface area contributed by atoms with E-state index in [0.717, 1.165) is 39.9 Å². The van der Waals surface area contributed by atoms with Gasteiger partial charge in [0.15, 0.2) is 0 Å². The lowest BCUT2D eigenvalue weighted by molar-refractivity contribution is 0.663. The van der Waals surface area contributed by atoms with Crippen molar-refractivity contribution in [3.8, 4) is 66.8 Å². The van der Waals surface area contributed by atoms with Crippen molar-refractivity contribution in [1.82, 2.24) is 0 Å². The molecule has 69 heavy (non-hydrogen) atoms. The molecular weight excluding hydrogens is 853 g/mol. The van der Waals surface area contributed by atoms with Crippen molar-refractivity contribution in [2.24, 2.45) is 0 Å². The first-order valence-corrected chi connectivity index (χ1v) is 27.0. The summed E-state index contributed by atoms with van der Waals surface area (Å²) < 4.78 is 11.0. The van der Waals surface area contributed by atoms with Crippen molar-refractivity contribution >= 4 is 12.0 Å². The van der Waals surface area contributed by atoms with Gasteiger partial charge in [0, 0.05) is 5.75 Å². The average molecular weight is 933 g/mol. The Balaban J connectivity index is 1.54. The minimum atomic E-state index is 0.404. The number of benzene rings is 7. The van der Waals surface area contributed by atoms with Gasteiger partial charge in [-0.2, -0.15) is 0 Å². The molecule has 360 valence electrons. The van der Waals surface area contributed by atoms with Gasteiger partial charge in [0.25, 0.3) is 0 Å². The highest BCUT2D eigenvalue weighted by atomic mass is 32.2. The summed E-state index contributed by atoms with van der Waals surface area (Å²) >= 11 is 0.916. The van der Waals surface area contributed by atoms with Crippen LogP contribution in [0.5, 0.6) is 0 Å². The molecule has 2 heteroatoms. The molecule has 7 aromatic rings. The molecule has 0 saturated heterocycles. The predicted octanol–water partition coefficient (Wildman–Crippen LogP) is 21.4. The van der Waals surface area contributed by atoms with Crippen LogP contribution in [0, 0.1) is 0 Å². The SMILES string of the molecule is CC(C)c1cc(-c2cc(-c3cc(C(C)C)cc(C(C)C)c3)cc(-c3cccc(-c4cc(-c5cc(C(C)C)cc(C(C)C)c5)cc(-c5cc(C(C)C)cc(C(C)C)c5)c4)c3CSO)c2)cc(C(C)C)c1. The van der Waals surface area contributed by atoms with Crippen LogP contribution in [-0.2, 0) is 5.75 Å². The maximum absolute atomic E-state index is 11.0. The van der Waals surface area contributed by atoms with Gasteiger partial charge in [-0.25, -0.2) is 0 Å². The molecule has 0 amide bonds. The van der Waals surface area contributed by atoms with E-state index in [4.69, 9.17) is 0 Å². The van der Waals surface area contributed by atoms with Gasteiger partial charge in [-0.1, -0.05) is 202 Å². The molecule has 0 spiro atoms. The Hall–Kier alpha value is -5.15. The highest BCUT2D eigenvalue weighted by Gasteiger charge is 2.20. The van der Waals surface area contributed by atoms with Gasteiger partial charge < -0.3 is 4.55 Å². The predicted molar refractivity (Wildman–Crippen MR) is 306 cm³/mol. The van der Waals surface area contributed by atoms with Crippen LogP contribution in [0.15, 0.2) is 127 Å². The third-order valence-corrected chi connectivity index (χ3v) is 14.9. The van der Waals surface area contributed by atoms with Gasteiger partial charge in [0.2, 0.25) is 0 Å². The topological polar surface area (TPSA) is 20.2 Å². The lowest BCUT2D eigenvalue weighted by Gasteiger charge is -2.21. The van der Waals surface area contributed by atoms with Crippen molar-refractivity contribution in [2.75, 3.05) is 0 Å². The quantitative estimate of drug-likeness (QED) is 0.0975. The zero-order valence-corrected chi connectivity index (χ0v) is 45.6. The summed E-state index contributed by atoms with van der Waals surface area (Å²) in [5.41, 5.74) is 26.5. The van der Waals surface area contributed by atoms with Crippen LogP contribution in [0.3, 0.4) is 0 Å². The van der Waals surface area contributed by atoms with Crippen LogP contribution < -0.4 is 0 Å². The van der Waals surface area contributed by atoms with E-state index < -0.39 is 0 Å². The maximum atomic E-state index is 11.0. The number of rotatable bonds is 16. The molecule has 1 N–H and O–H groups in total. The van der Waals surface area contributed by atoms with E-state index in [1.165, 1.54) is 89.0 Å². The third kappa shape index (κ3) is 11.9. The fourth-order valence-electron chi connectivity index (χ4n) is 9.62. The largest absolute Gasteiger partial charge is 0.330 e. The minimum Gasteiger partial charge on any atom is -0.330 e. The summed E-state index contributed by atoms with van der Waals surface area (Å²) in [6, 6.07) is 50.2. The molecule has 7 aromatic carbocycles. The van der Waals surface area contributed by atoms with Gasteiger partial charge in [-0.05, 0) is 213 Å². The van der Waals surface area contributed by atoms with Crippen molar-refractivity contribution in [1.29, 1.82) is 0 Å². The highest BCUT2D eigenvalue weighted by Crippen LogP contribution is 2.44. The van der Waals surface area contributed by atoms with E-state index in [-0.39, 0.29) is 0 Å². The van der Waals surface area contributed by atoms with Crippen molar-refractivity contribution < 1.29 is 4.55 Å². The van der Waals surface area contributed by atoms with E-state index in [2.05, 4.69) is 238 Å². The van der Waals surface area contributed by atoms with Gasteiger partial charge in [-0.15, -0.1) is 0 Å². The van der Waals surface area contributed by atoms with Crippen LogP contribution in [0.4, 0.5) is 0 Å². The molecule has 0 heterocycles. The third-order valence-electron chi connectivity index (χ3n) is 14.5. The van der Waals surface area contributed by atoms with Crippen LogP contribution in [0.2, 0.25) is 0 Å². The molecule has 0 aliphatic heterocycles. The Morgan fingerprint density at radius 3 is 0.652 bits per heavy atom. The zero-order chi connectivity index (χ0) is 50.0. The lowest BCUT2D eigenvalue weighted by Crippen LogP contribution is -1.99. The summed E-state index contributed by atoms with van der Waals surface area (Å²) in [7, 11) is 0. The van der Waals surface area contributed by atoms with E-state index in [0.29, 0.717) is 53.1 Å². The average Bonchev–Trinajstić information content (AvgIpc) is 3.33. The molecule has 0 bridgehead atoms. The Kier molecular flexibility index (Phi) is 16.4. The van der Waals surface area contributed by atoms with Crippen LogP contribution in [0.1, 0.15) is 208 Å². The standard InChI is InChI=1S/C67H80OS/c1-39(2)47-20-48(40(3)4)25-55(24-47)59-32-60(56-26-49(41(5)6)21-50(27-56)42(7)8)35-63(34-59)65-18-17-19-66(67(65)38-69-68)64-36-61(57-28-51(43(9)10)22-52(29-57)44(11)12)33-62(37-64)58-30-53(45(13)14)23-54(31-58)46(15)16/h17-37,39-46,68H,38H2,1-16H3. The second kappa shape index (κ2) is 21.9. The second-order valence-corrected chi connectivity index (χ2v) is 23.0. The van der Waals surface area contributed by atoms with Gasteiger partial charge in [0.1, 0.15) is 0 Å². The highest BCUT2D eigenvalue weighted by molar-refractivity contribution is 7.92. The van der Waals surface area contributed by atoms with E-state index in [1.807, 2.05) is 0 Å². The van der Waals surface area contributed by atoms with Crippen molar-refractivity contribution in [3.05, 3.63) is 177 Å². The first kappa shape index (κ1) is 51.7. The minimum absolute atomic E-state index is 0.404. The lowest BCUT2D eigenvalue weighted by atomic mass is 9.84. The van der Waals surface area contributed by atoms with Crippen molar-refractivity contribution in [3.63, 3.8) is 0 Å². The van der Waals surface area contributed by atoms with Gasteiger partial charge >= 0.3 is 0 Å². The number of hydrogen-bond acceptors (Lipinski definition) is 2. The van der Waals surface area contributed by atoms with Gasteiger partial charge in [-0.3, -0.25) is 0 Å². The van der Waals surface area contributed by atoms with E-state index >= 15 is 0 Å². The first-order valence-electron chi connectivity index (χ1n) is 26.0. The van der Waals surface area contributed by atoms with Gasteiger partial charge in [0.05, 0.1) is 0 Å². The maximum Gasteiger partial charge on any atom is 0.0458 e. The normalized spacial score (nSPS) is 12.1. The second-order valence-electron chi connectivity index (χ2n) is 22.5. The molecule has 0 aliphatic carbocycles. The molecule has 0 atom stereocenters. The number of hydrogen-bond donors (Lipinski definition) is 1. The summed E-state index contributed by atoms with van der Waals surface area (Å²) in [4.78, 5) is 0. The molecular formula is C67H80OS. The Labute approximate surface area is 422 Å². The summed E-state index contributed by atoms with van der Waals surface area (Å²) in [5.74, 6) is 3.68.